The van der Waals surface area contributed by atoms with Crippen LogP contribution in [0, 0.1) is 0 Å². The number of aryl methyl sites for hydroxylation is 2. The lowest BCUT2D eigenvalue weighted by molar-refractivity contribution is 0.102. The van der Waals surface area contributed by atoms with Gasteiger partial charge in [0.2, 0.25) is 6.79 Å². The van der Waals surface area contributed by atoms with Gasteiger partial charge in [-0.05, 0) is 36.1 Å². The molecule has 0 saturated carbocycles. The molecule has 2 N–H and O–H groups in total. The van der Waals surface area contributed by atoms with Crippen molar-refractivity contribution in [3.63, 3.8) is 0 Å². The topological polar surface area (TPSA) is 85.4 Å². The van der Waals surface area contributed by atoms with Gasteiger partial charge in [-0.25, -0.2) is 9.97 Å². The number of anilines is 3. The van der Waals surface area contributed by atoms with Gasteiger partial charge in [0.05, 0.1) is 12.4 Å². The van der Waals surface area contributed by atoms with Crippen molar-refractivity contribution in [3.05, 3.63) is 65.6 Å². The van der Waals surface area contributed by atoms with E-state index in [9.17, 15) is 4.79 Å². The zero-order valence-electron chi connectivity index (χ0n) is 16.4. The maximum atomic E-state index is 12.7. The number of amides is 1. The molecule has 1 amide bonds. The number of benzene rings is 2. The summed E-state index contributed by atoms with van der Waals surface area (Å²) in [6.07, 6.45) is 4.68. The van der Waals surface area contributed by atoms with Crippen molar-refractivity contribution in [3.8, 4) is 11.5 Å². The zero-order chi connectivity index (χ0) is 20.2. The Bertz CT molecular complexity index is 1010. The summed E-state index contributed by atoms with van der Waals surface area (Å²) in [5.74, 6) is 1.65. The molecule has 0 spiro atoms. The van der Waals surface area contributed by atoms with Crippen LogP contribution in [0.25, 0.3) is 0 Å². The van der Waals surface area contributed by atoms with Crippen LogP contribution in [-0.2, 0) is 12.8 Å². The molecule has 7 heteroatoms. The highest BCUT2D eigenvalue weighted by atomic mass is 16.7. The molecule has 4 rings (SSSR count). The first-order valence-electron chi connectivity index (χ1n) is 9.58. The number of aromatic nitrogens is 2. The molecule has 3 aromatic rings. The van der Waals surface area contributed by atoms with Crippen LogP contribution in [0.5, 0.6) is 11.5 Å². The molecule has 2 heterocycles. The highest BCUT2D eigenvalue weighted by molar-refractivity contribution is 6.03. The van der Waals surface area contributed by atoms with Crippen LogP contribution >= 0.6 is 0 Å². The number of rotatable bonds is 6. The molecular formula is C22H22N4O3. The monoisotopic (exact) mass is 390 g/mol. The van der Waals surface area contributed by atoms with E-state index >= 15 is 0 Å². The Morgan fingerprint density at radius 3 is 2.45 bits per heavy atom. The van der Waals surface area contributed by atoms with Gasteiger partial charge in [-0.1, -0.05) is 32.0 Å². The first kappa shape index (κ1) is 18.7. The van der Waals surface area contributed by atoms with Crippen LogP contribution < -0.4 is 20.1 Å². The molecule has 0 fully saturated rings. The smallest absolute Gasteiger partial charge is 0.275 e. The third kappa shape index (κ3) is 3.99. The van der Waals surface area contributed by atoms with Crippen LogP contribution in [0.2, 0.25) is 0 Å². The van der Waals surface area contributed by atoms with Crippen molar-refractivity contribution in [2.75, 3.05) is 17.4 Å². The lowest BCUT2D eigenvalue weighted by atomic mass is 10.0. The highest BCUT2D eigenvalue weighted by Gasteiger charge is 2.15. The van der Waals surface area contributed by atoms with E-state index in [1.54, 1.807) is 0 Å². The fraction of sp³-hybridized carbons (Fsp3) is 0.227. The van der Waals surface area contributed by atoms with Gasteiger partial charge in [0, 0.05) is 17.4 Å². The van der Waals surface area contributed by atoms with Crippen LogP contribution in [0.4, 0.5) is 17.2 Å². The summed E-state index contributed by atoms with van der Waals surface area (Å²) in [6, 6.07) is 11.6. The molecule has 0 unspecified atom stereocenters. The molecule has 148 valence electrons. The average molecular weight is 390 g/mol. The van der Waals surface area contributed by atoms with Crippen LogP contribution in [0.15, 0.2) is 48.8 Å². The van der Waals surface area contributed by atoms with E-state index in [1.807, 2.05) is 36.4 Å². The number of carbonyl (C=O) groups excluding carboxylic acids is 1. The second-order valence-corrected chi connectivity index (χ2v) is 6.59. The lowest BCUT2D eigenvalue weighted by Gasteiger charge is -2.14. The van der Waals surface area contributed by atoms with Gasteiger partial charge in [-0.3, -0.25) is 4.79 Å². The molecule has 0 atom stereocenters. The minimum absolute atomic E-state index is 0.226. The molecule has 0 saturated heterocycles. The zero-order valence-corrected chi connectivity index (χ0v) is 16.4. The predicted octanol–water partition coefficient (Wildman–Crippen LogP) is 4.33. The van der Waals surface area contributed by atoms with Gasteiger partial charge in [0.1, 0.15) is 11.5 Å². The molecule has 0 bridgehead atoms. The minimum atomic E-state index is -0.275. The van der Waals surface area contributed by atoms with E-state index in [2.05, 4.69) is 34.4 Å². The van der Waals surface area contributed by atoms with Crippen LogP contribution in [0.1, 0.15) is 35.5 Å². The number of ether oxygens (including phenoxy) is 2. The summed E-state index contributed by atoms with van der Waals surface area (Å²) in [5.41, 5.74) is 4.13. The number of hydrogen-bond donors (Lipinski definition) is 2. The Hall–Kier alpha value is -3.61. The van der Waals surface area contributed by atoms with E-state index in [0.29, 0.717) is 17.3 Å². The van der Waals surface area contributed by atoms with Gasteiger partial charge >= 0.3 is 0 Å². The normalized spacial score (nSPS) is 11.9. The van der Waals surface area contributed by atoms with E-state index in [1.165, 1.54) is 12.4 Å². The molecule has 2 aromatic carbocycles. The minimum Gasteiger partial charge on any atom is -0.454 e. The number of fused-ring (bicyclic) bond motifs is 1. The first-order valence-corrected chi connectivity index (χ1v) is 9.58. The van der Waals surface area contributed by atoms with Crippen molar-refractivity contribution in [2.24, 2.45) is 0 Å². The molecule has 1 aromatic heterocycles. The third-order valence-electron chi connectivity index (χ3n) is 4.77. The van der Waals surface area contributed by atoms with E-state index in [4.69, 9.17) is 9.47 Å². The highest BCUT2D eigenvalue weighted by Crippen LogP contribution is 2.34. The Morgan fingerprint density at radius 1 is 1.00 bits per heavy atom. The van der Waals surface area contributed by atoms with Gasteiger partial charge in [-0.2, -0.15) is 0 Å². The summed E-state index contributed by atoms with van der Waals surface area (Å²) < 4.78 is 10.7. The van der Waals surface area contributed by atoms with Gasteiger partial charge in [-0.15, -0.1) is 0 Å². The van der Waals surface area contributed by atoms with Crippen molar-refractivity contribution >= 4 is 23.1 Å². The number of hydrogen-bond acceptors (Lipinski definition) is 6. The van der Waals surface area contributed by atoms with Gasteiger partial charge < -0.3 is 20.1 Å². The molecule has 0 radical (unpaired) electrons. The van der Waals surface area contributed by atoms with Crippen molar-refractivity contribution < 1.29 is 14.3 Å². The van der Waals surface area contributed by atoms with Crippen LogP contribution in [0.3, 0.4) is 0 Å². The van der Waals surface area contributed by atoms with Gasteiger partial charge in [0.15, 0.2) is 11.5 Å². The summed E-state index contributed by atoms with van der Waals surface area (Å²) in [4.78, 5) is 21.3. The lowest BCUT2D eigenvalue weighted by Crippen LogP contribution is -2.16. The quantitative estimate of drug-likeness (QED) is 0.652. The second-order valence-electron chi connectivity index (χ2n) is 6.59. The third-order valence-corrected chi connectivity index (χ3v) is 4.77. The molecule has 29 heavy (non-hydrogen) atoms. The SMILES string of the molecule is CCc1cccc(CC)c1NC(=O)c1cnc(Nc2ccc3c(c2)OCO3)cn1. The average Bonchev–Trinajstić information content (AvgIpc) is 3.22. The number of para-hydroxylation sites is 1. The predicted molar refractivity (Wildman–Crippen MR) is 111 cm³/mol. The molecule has 1 aliphatic rings. The molecular weight excluding hydrogens is 368 g/mol. The fourth-order valence-corrected chi connectivity index (χ4v) is 3.21. The summed E-state index contributed by atoms with van der Waals surface area (Å²) in [5, 5.41) is 6.15. The number of nitrogens with one attached hydrogen (secondary N) is 2. The van der Waals surface area contributed by atoms with Crippen molar-refractivity contribution in [1.29, 1.82) is 0 Å². The fourth-order valence-electron chi connectivity index (χ4n) is 3.21. The summed E-state index contributed by atoms with van der Waals surface area (Å²) in [7, 11) is 0. The molecule has 0 aliphatic carbocycles. The molecule has 7 nitrogen and oxygen atoms in total. The van der Waals surface area contributed by atoms with E-state index in [0.717, 1.165) is 35.3 Å². The van der Waals surface area contributed by atoms with E-state index < -0.39 is 0 Å². The van der Waals surface area contributed by atoms with Crippen molar-refractivity contribution in [1.82, 2.24) is 9.97 Å². The Balaban J connectivity index is 1.47. The maximum absolute atomic E-state index is 12.7. The van der Waals surface area contributed by atoms with E-state index in [-0.39, 0.29) is 18.4 Å². The second kappa shape index (κ2) is 8.18. The standard InChI is InChI=1S/C22H22N4O3/c1-3-14-6-5-7-15(4-2)21(14)26-22(27)17-11-24-20(12-23-17)25-16-8-9-18-19(10-16)29-13-28-18/h5-12H,3-4,13H2,1-2H3,(H,24,25)(H,26,27). The number of carbonyl (C=O) groups is 1. The largest absolute Gasteiger partial charge is 0.454 e. The maximum Gasteiger partial charge on any atom is 0.275 e. The Morgan fingerprint density at radius 2 is 1.76 bits per heavy atom. The molecule has 1 aliphatic heterocycles. The number of nitrogens with zero attached hydrogens (tertiary/aromatic N) is 2. The van der Waals surface area contributed by atoms with Crippen molar-refractivity contribution in [2.45, 2.75) is 26.7 Å². The Kier molecular flexibility index (Phi) is 5.29. The summed E-state index contributed by atoms with van der Waals surface area (Å²) in [6.45, 7) is 4.37. The van der Waals surface area contributed by atoms with Crippen LogP contribution in [-0.4, -0.2) is 22.7 Å². The summed E-state index contributed by atoms with van der Waals surface area (Å²) >= 11 is 0. The first-order chi connectivity index (χ1) is 14.2. The van der Waals surface area contributed by atoms with Gasteiger partial charge in [0.25, 0.3) is 5.91 Å². The Labute approximate surface area is 169 Å².